The molecule has 5 atom stereocenters. The third-order valence-electron chi connectivity index (χ3n) is 5.40. The molecular formula is C25H40O7. The fourth-order valence-electron chi connectivity index (χ4n) is 3.49. The minimum Gasteiger partial charge on any atom is -0.450 e. The number of aliphatic hydroxyl groups is 1. The van der Waals surface area contributed by atoms with Crippen molar-refractivity contribution in [2.24, 2.45) is 0 Å². The van der Waals surface area contributed by atoms with Crippen molar-refractivity contribution in [3.8, 4) is 0 Å². The fraction of sp³-hybridized carbons (Fsp3) is 0.720. The predicted octanol–water partition coefficient (Wildman–Crippen LogP) is 4.12. The molecule has 1 fully saturated rings. The standard InChI is InChI=1S/C25H40O7/c1-4-7-15-28-18-20-21(29-16-8-5-2)22(30-17-9-6-3)23(25(27)31-20)32-24(26)19-13-11-10-12-14-19/h10-14,20-23,25,27H,4-9,15-18H2,1-3H3/t20?,21-,22+,23?,25-/m1/s1. The van der Waals surface area contributed by atoms with Gasteiger partial charge in [0, 0.05) is 19.8 Å². The third-order valence-corrected chi connectivity index (χ3v) is 5.40. The maximum absolute atomic E-state index is 12.7. The summed E-state index contributed by atoms with van der Waals surface area (Å²) in [6.07, 6.45) is 1.65. The van der Waals surface area contributed by atoms with Crippen LogP contribution in [0.25, 0.3) is 0 Å². The summed E-state index contributed by atoms with van der Waals surface area (Å²) in [5, 5.41) is 10.8. The number of aliphatic hydroxyl groups excluding tert-OH is 1. The van der Waals surface area contributed by atoms with Crippen molar-refractivity contribution in [2.75, 3.05) is 26.4 Å². The lowest BCUT2D eigenvalue weighted by Gasteiger charge is -2.44. The van der Waals surface area contributed by atoms with Crippen molar-refractivity contribution < 1.29 is 33.6 Å². The topological polar surface area (TPSA) is 83.5 Å². The first-order chi connectivity index (χ1) is 15.6. The number of rotatable bonds is 15. The molecule has 0 spiro atoms. The van der Waals surface area contributed by atoms with Gasteiger partial charge >= 0.3 is 5.97 Å². The second kappa shape index (κ2) is 15.3. The van der Waals surface area contributed by atoms with Gasteiger partial charge in [-0.1, -0.05) is 58.2 Å². The van der Waals surface area contributed by atoms with Gasteiger partial charge in [-0.05, 0) is 31.4 Å². The zero-order chi connectivity index (χ0) is 23.2. The predicted molar refractivity (Wildman–Crippen MR) is 122 cm³/mol. The highest BCUT2D eigenvalue weighted by Gasteiger charge is 2.49. The molecule has 7 heteroatoms. The monoisotopic (exact) mass is 452 g/mol. The molecule has 1 aromatic carbocycles. The second-order valence-corrected chi connectivity index (χ2v) is 8.11. The van der Waals surface area contributed by atoms with E-state index in [0.717, 1.165) is 38.5 Å². The Bertz CT molecular complexity index is 624. The number of hydrogen-bond donors (Lipinski definition) is 1. The summed E-state index contributed by atoms with van der Waals surface area (Å²) in [6, 6.07) is 8.70. The highest BCUT2D eigenvalue weighted by molar-refractivity contribution is 5.89. The van der Waals surface area contributed by atoms with Crippen LogP contribution in [0.4, 0.5) is 0 Å². The van der Waals surface area contributed by atoms with Crippen LogP contribution in [0.2, 0.25) is 0 Å². The van der Waals surface area contributed by atoms with Gasteiger partial charge in [-0.25, -0.2) is 4.79 Å². The van der Waals surface area contributed by atoms with Crippen molar-refractivity contribution in [1.29, 1.82) is 0 Å². The van der Waals surface area contributed by atoms with Crippen LogP contribution in [-0.2, 0) is 23.7 Å². The van der Waals surface area contributed by atoms with Gasteiger partial charge in [-0.15, -0.1) is 0 Å². The molecule has 1 N–H and O–H groups in total. The summed E-state index contributed by atoms with van der Waals surface area (Å²) >= 11 is 0. The Morgan fingerprint density at radius 1 is 0.875 bits per heavy atom. The largest absolute Gasteiger partial charge is 0.450 e. The van der Waals surface area contributed by atoms with Gasteiger partial charge < -0.3 is 28.8 Å². The fourth-order valence-corrected chi connectivity index (χ4v) is 3.49. The van der Waals surface area contributed by atoms with Crippen LogP contribution in [0.5, 0.6) is 0 Å². The van der Waals surface area contributed by atoms with E-state index in [1.807, 2.05) is 6.07 Å². The van der Waals surface area contributed by atoms with E-state index in [9.17, 15) is 9.90 Å². The average molecular weight is 453 g/mol. The molecule has 1 aliphatic heterocycles. The Balaban J connectivity index is 2.18. The molecule has 2 rings (SSSR count). The minimum atomic E-state index is -1.33. The van der Waals surface area contributed by atoms with Gasteiger partial charge in [0.05, 0.1) is 12.2 Å². The van der Waals surface area contributed by atoms with Crippen molar-refractivity contribution in [2.45, 2.75) is 90.0 Å². The Hall–Kier alpha value is -1.51. The van der Waals surface area contributed by atoms with Crippen LogP contribution in [0.1, 0.15) is 69.7 Å². The van der Waals surface area contributed by atoms with Crippen LogP contribution >= 0.6 is 0 Å². The maximum atomic E-state index is 12.7. The van der Waals surface area contributed by atoms with Crippen LogP contribution in [0.15, 0.2) is 30.3 Å². The van der Waals surface area contributed by atoms with Gasteiger partial charge in [-0.3, -0.25) is 0 Å². The van der Waals surface area contributed by atoms with Gasteiger partial charge in [0.15, 0.2) is 12.4 Å². The minimum absolute atomic E-state index is 0.279. The van der Waals surface area contributed by atoms with Gasteiger partial charge in [0.25, 0.3) is 0 Å². The molecular weight excluding hydrogens is 412 g/mol. The highest BCUT2D eigenvalue weighted by atomic mass is 16.7. The summed E-state index contributed by atoms with van der Waals surface area (Å²) in [4.78, 5) is 12.7. The summed E-state index contributed by atoms with van der Waals surface area (Å²) in [5.74, 6) is -0.535. The van der Waals surface area contributed by atoms with Crippen LogP contribution < -0.4 is 0 Å². The molecule has 32 heavy (non-hydrogen) atoms. The van der Waals surface area contributed by atoms with E-state index in [2.05, 4.69) is 20.8 Å². The Labute approximate surface area is 192 Å². The molecule has 1 aromatic rings. The highest BCUT2D eigenvalue weighted by Crippen LogP contribution is 2.29. The average Bonchev–Trinajstić information content (AvgIpc) is 2.81. The smallest absolute Gasteiger partial charge is 0.338 e. The molecule has 0 saturated carbocycles. The molecule has 0 amide bonds. The zero-order valence-corrected chi connectivity index (χ0v) is 19.7. The summed E-state index contributed by atoms with van der Waals surface area (Å²) < 4.78 is 29.6. The van der Waals surface area contributed by atoms with E-state index in [0.29, 0.717) is 25.4 Å². The van der Waals surface area contributed by atoms with Gasteiger partial charge in [0.2, 0.25) is 0 Å². The molecule has 7 nitrogen and oxygen atoms in total. The maximum Gasteiger partial charge on any atom is 0.338 e. The number of carbonyl (C=O) groups is 1. The van der Waals surface area contributed by atoms with E-state index in [4.69, 9.17) is 23.7 Å². The van der Waals surface area contributed by atoms with Crippen molar-refractivity contribution >= 4 is 5.97 Å². The molecule has 1 heterocycles. The first kappa shape index (κ1) is 26.7. The van der Waals surface area contributed by atoms with Gasteiger partial charge in [0.1, 0.15) is 18.3 Å². The lowest BCUT2D eigenvalue weighted by molar-refractivity contribution is -0.302. The molecule has 0 radical (unpaired) electrons. The first-order valence-corrected chi connectivity index (χ1v) is 12.0. The van der Waals surface area contributed by atoms with Crippen LogP contribution in [0, 0.1) is 0 Å². The summed E-state index contributed by atoms with van der Waals surface area (Å²) in [5.41, 5.74) is 0.403. The zero-order valence-electron chi connectivity index (χ0n) is 19.7. The number of ether oxygens (including phenoxy) is 5. The van der Waals surface area contributed by atoms with E-state index >= 15 is 0 Å². The quantitative estimate of drug-likeness (QED) is 0.317. The van der Waals surface area contributed by atoms with Crippen molar-refractivity contribution in [3.05, 3.63) is 35.9 Å². The van der Waals surface area contributed by atoms with E-state index in [1.165, 1.54) is 0 Å². The number of esters is 1. The second-order valence-electron chi connectivity index (χ2n) is 8.11. The lowest BCUT2D eigenvalue weighted by atomic mass is 9.98. The SMILES string of the molecule is CCCCOCC1O[C@@H](O)C(OC(=O)c2ccccc2)[C@@H](OCCCC)[C@@H]1OCCCC. The van der Waals surface area contributed by atoms with Gasteiger partial charge in [-0.2, -0.15) is 0 Å². The first-order valence-electron chi connectivity index (χ1n) is 12.0. The number of unbranched alkanes of at least 4 members (excludes halogenated alkanes) is 3. The Morgan fingerprint density at radius 2 is 1.47 bits per heavy atom. The molecule has 0 bridgehead atoms. The molecule has 1 aliphatic rings. The lowest BCUT2D eigenvalue weighted by Crippen LogP contribution is -2.61. The number of benzene rings is 1. The number of hydrogen-bond acceptors (Lipinski definition) is 7. The summed E-state index contributed by atoms with van der Waals surface area (Å²) in [7, 11) is 0. The summed E-state index contributed by atoms with van der Waals surface area (Å²) in [6.45, 7) is 8.17. The Kier molecular flexibility index (Phi) is 12.8. The Morgan fingerprint density at radius 3 is 2.09 bits per heavy atom. The normalized spacial score (nSPS) is 25.6. The van der Waals surface area contributed by atoms with Crippen LogP contribution in [0.3, 0.4) is 0 Å². The van der Waals surface area contributed by atoms with Crippen LogP contribution in [-0.4, -0.2) is 68.2 Å². The molecule has 0 aromatic heterocycles. The molecule has 182 valence electrons. The third kappa shape index (κ3) is 8.45. The van der Waals surface area contributed by atoms with Crippen molar-refractivity contribution in [1.82, 2.24) is 0 Å². The van der Waals surface area contributed by atoms with E-state index in [-0.39, 0.29) is 6.61 Å². The van der Waals surface area contributed by atoms with E-state index < -0.39 is 36.7 Å². The molecule has 2 unspecified atom stereocenters. The number of carbonyl (C=O) groups excluding carboxylic acids is 1. The molecule has 0 aliphatic carbocycles. The van der Waals surface area contributed by atoms with E-state index in [1.54, 1.807) is 24.3 Å². The molecule has 1 saturated heterocycles. The van der Waals surface area contributed by atoms with Crippen molar-refractivity contribution in [3.63, 3.8) is 0 Å².